The molecule has 0 aromatic heterocycles. The minimum absolute atomic E-state index is 0.159. The maximum atomic E-state index is 13.1. The Labute approximate surface area is 172 Å². The van der Waals surface area contributed by atoms with Crippen molar-refractivity contribution in [2.24, 2.45) is 5.73 Å². The first-order chi connectivity index (χ1) is 13.6. The lowest BCUT2D eigenvalue weighted by molar-refractivity contribution is -0.122. The number of fused-ring (bicyclic) bond motifs is 1. The van der Waals surface area contributed by atoms with Gasteiger partial charge < -0.3 is 15.8 Å². The largest absolute Gasteiger partial charge is 0.443 e. The molecule has 1 atom stereocenters. The normalized spacial score (nSPS) is 16.4. The molecule has 0 saturated heterocycles. The minimum atomic E-state index is -0.605. The van der Waals surface area contributed by atoms with Crippen LogP contribution >= 0.6 is 0 Å². The van der Waals surface area contributed by atoms with Gasteiger partial charge in [-0.15, -0.1) is 0 Å². The molecule has 6 nitrogen and oxygen atoms in total. The van der Waals surface area contributed by atoms with E-state index < -0.39 is 17.7 Å². The highest BCUT2D eigenvalue weighted by Crippen LogP contribution is 2.29. The van der Waals surface area contributed by atoms with Crippen LogP contribution in [0.15, 0.2) is 42.5 Å². The van der Waals surface area contributed by atoms with E-state index >= 15 is 0 Å². The van der Waals surface area contributed by atoms with E-state index in [1.165, 1.54) is 0 Å². The van der Waals surface area contributed by atoms with Crippen molar-refractivity contribution in [3.05, 3.63) is 64.7 Å². The first kappa shape index (κ1) is 20.9. The van der Waals surface area contributed by atoms with E-state index in [0.29, 0.717) is 19.5 Å². The lowest BCUT2D eigenvalue weighted by Gasteiger charge is -2.29. The number of amides is 2. The molecular weight excluding hydrogens is 366 g/mol. The molecule has 0 radical (unpaired) electrons. The van der Waals surface area contributed by atoms with Crippen molar-refractivity contribution in [3.63, 3.8) is 0 Å². The lowest BCUT2D eigenvalue weighted by Crippen LogP contribution is -2.39. The van der Waals surface area contributed by atoms with Crippen LogP contribution in [0.1, 0.15) is 43.0 Å². The smallest absolute Gasteiger partial charge is 0.415 e. The molecule has 0 bridgehead atoms. The molecule has 6 heteroatoms. The first-order valence-corrected chi connectivity index (χ1v) is 9.84. The number of carbonyl (C=O) groups is 2. The molecule has 1 heterocycles. The third kappa shape index (κ3) is 5.15. The van der Waals surface area contributed by atoms with Crippen molar-refractivity contribution in [2.45, 2.75) is 58.8 Å². The number of rotatable bonds is 3. The Morgan fingerprint density at radius 2 is 1.90 bits per heavy atom. The average Bonchev–Trinajstić information content (AvgIpc) is 2.77. The number of aryl methyl sites for hydroxylation is 1. The number of hydrogen-bond donors (Lipinski definition) is 2. The third-order valence-corrected chi connectivity index (χ3v) is 4.84. The summed E-state index contributed by atoms with van der Waals surface area (Å²) in [5, 5.41) is 2.85. The van der Waals surface area contributed by atoms with Crippen LogP contribution < -0.4 is 16.0 Å². The predicted octanol–water partition coefficient (Wildman–Crippen LogP) is 3.44. The van der Waals surface area contributed by atoms with Crippen molar-refractivity contribution >= 4 is 17.7 Å². The van der Waals surface area contributed by atoms with E-state index in [-0.39, 0.29) is 5.91 Å². The maximum Gasteiger partial charge on any atom is 0.415 e. The van der Waals surface area contributed by atoms with Crippen LogP contribution in [0.5, 0.6) is 0 Å². The van der Waals surface area contributed by atoms with Crippen molar-refractivity contribution in [3.8, 4) is 0 Å². The topological polar surface area (TPSA) is 84.7 Å². The molecule has 154 valence electrons. The monoisotopic (exact) mass is 395 g/mol. The quantitative estimate of drug-likeness (QED) is 0.834. The Bertz CT molecular complexity index is 904. The number of nitrogens with two attached hydrogens (primary N) is 1. The summed E-state index contributed by atoms with van der Waals surface area (Å²) in [6.07, 6.45) is 0.0756. The molecule has 0 aliphatic carbocycles. The molecule has 3 N–H and O–H groups in total. The van der Waals surface area contributed by atoms with E-state index in [9.17, 15) is 9.59 Å². The van der Waals surface area contributed by atoms with Crippen LogP contribution in [-0.4, -0.2) is 23.6 Å². The zero-order valence-corrected chi connectivity index (χ0v) is 17.5. The molecule has 1 aliphatic rings. The van der Waals surface area contributed by atoms with Gasteiger partial charge >= 0.3 is 6.09 Å². The molecule has 0 spiro atoms. The van der Waals surface area contributed by atoms with Crippen LogP contribution in [0.25, 0.3) is 0 Å². The van der Waals surface area contributed by atoms with E-state index in [2.05, 4.69) is 5.32 Å². The number of nitrogens with zero attached hydrogens (tertiary/aromatic N) is 1. The maximum absolute atomic E-state index is 13.1. The number of benzene rings is 2. The summed E-state index contributed by atoms with van der Waals surface area (Å²) in [5.74, 6) is -0.159. The molecule has 2 amide bonds. The molecular formula is C23H29N3O3. The second-order valence-electron chi connectivity index (χ2n) is 8.49. The number of carbonyl (C=O) groups excluding carboxylic acids is 2. The van der Waals surface area contributed by atoms with E-state index in [1.54, 1.807) is 4.90 Å². The Balaban J connectivity index is 2.01. The summed E-state index contributed by atoms with van der Waals surface area (Å²) in [5.41, 5.74) is 10.1. The van der Waals surface area contributed by atoms with Crippen LogP contribution in [-0.2, 0) is 29.0 Å². The van der Waals surface area contributed by atoms with Crippen molar-refractivity contribution in [2.75, 3.05) is 4.90 Å². The van der Waals surface area contributed by atoms with Gasteiger partial charge in [0.05, 0.1) is 18.3 Å². The van der Waals surface area contributed by atoms with Crippen LogP contribution in [0, 0.1) is 6.92 Å². The van der Waals surface area contributed by atoms with Crippen LogP contribution in [0.3, 0.4) is 0 Å². The van der Waals surface area contributed by atoms with Gasteiger partial charge in [-0.1, -0.05) is 36.4 Å². The van der Waals surface area contributed by atoms with E-state index in [4.69, 9.17) is 10.5 Å². The van der Waals surface area contributed by atoms with Gasteiger partial charge in [0.1, 0.15) is 5.60 Å². The molecule has 0 saturated carbocycles. The van der Waals surface area contributed by atoms with Gasteiger partial charge in [0, 0.05) is 6.54 Å². The average molecular weight is 396 g/mol. The Kier molecular flexibility index (Phi) is 5.94. The summed E-state index contributed by atoms with van der Waals surface area (Å²) in [4.78, 5) is 26.7. The third-order valence-electron chi connectivity index (χ3n) is 4.84. The fraction of sp³-hybridized carbons (Fsp3) is 0.391. The highest BCUT2D eigenvalue weighted by molar-refractivity contribution is 5.89. The number of hydrogen-bond acceptors (Lipinski definition) is 4. The summed E-state index contributed by atoms with van der Waals surface area (Å²) in [7, 11) is 0. The van der Waals surface area contributed by atoms with Gasteiger partial charge in [-0.05, 0) is 62.4 Å². The molecule has 29 heavy (non-hydrogen) atoms. The molecule has 2 aromatic carbocycles. The van der Waals surface area contributed by atoms with Gasteiger partial charge in [0.2, 0.25) is 5.91 Å². The summed E-state index contributed by atoms with van der Waals surface area (Å²) in [6.45, 7) is 8.30. The lowest BCUT2D eigenvalue weighted by atomic mass is 9.97. The Morgan fingerprint density at radius 3 is 2.55 bits per heavy atom. The number of anilines is 1. The van der Waals surface area contributed by atoms with Crippen LogP contribution in [0.4, 0.5) is 10.5 Å². The predicted molar refractivity (Wildman–Crippen MR) is 114 cm³/mol. The van der Waals surface area contributed by atoms with Crippen molar-refractivity contribution in [1.82, 2.24) is 5.32 Å². The number of ether oxygens (including phenoxy) is 1. The Hall–Kier alpha value is -2.86. The van der Waals surface area contributed by atoms with E-state index in [0.717, 1.165) is 27.9 Å². The van der Waals surface area contributed by atoms with Gasteiger partial charge in [0.25, 0.3) is 0 Å². The number of nitrogens with one attached hydrogen (secondary N) is 1. The molecule has 1 unspecified atom stereocenters. The van der Waals surface area contributed by atoms with Gasteiger partial charge in [-0.2, -0.15) is 0 Å². The van der Waals surface area contributed by atoms with Crippen molar-refractivity contribution in [1.29, 1.82) is 0 Å². The molecule has 1 aliphatic heterocycles. The Morgan fingerprint density at radius 1 is 1.21 bits per heavy atom. The summed E-state index contributed by atoms with van der Waals surface area (Å²) >= 11 is 0. The SMILES string of the molecule is Cc1cc2c(cc1N(Cc1ccccc1)C(=O)OC(C)(C)C)CNC(=O)C(N)C2. The highest BCUT2D eigenvalue weighted by atomic mass is 16.6. The first-order valence-electron chi connectivity index (χ1n) is 9.84. The van der Waals surface area contributed by atoms with Crippen LogP contribution in [0.2, 0.25) is 0 Å². The zero-order valence-electron chi connectivity index (χ0n) is 17.5. The van der Waals surface area contributed by atoms with Gasteiger partial charge in [-0.3, -0.25) is 9.69 Å². The molecule has 2 aromatic rings. The zero-order chi connectivity index (χ0) is 21.2. The summed E-state index contributed by atoms with van der Waals surface area (Å²) < 4.78 is 5.68. The second kappa shape index (κ2) is 8.25. The fourth-order valence-electron chi connectivity index (χ4n) is 3.42. The van der Waals surface area contributed by atoms with Gasteiger partial charge in [0.15, 0.2) is 0 Å². The highest BCUT2D eigenvalue weighted by Gasteiger charge is 2.27. The standard InChI is InChI=1S/C23H29N3O3/c1-15-10-17-11-19(24)21(27)25-13-18(17)12-20(15)26(22(28)29-23(2,3)4)14-16-8-6-5-7-9-16/h5-10,12,19H,11,13-14,24H2,1-4H3,(H,25,27). The minimum Gasteiger partial charge on any atom is -0.443 e. The molecule has 0 fully saturated rings. The van der Waals surface area contributed by atoms with Crippen molar-refractivity contribution < 1.29 is 14.3 Å². The van der Waals surface area contributed by atoms with Gasteiger partial charge in [-0.25, -0.2) is 4.79 Å². The van der Waals surface area contributed by atoms with E-state index in [1.807, 2.05) is 70.2 Å². The molecule has 3 rings (SSSR count). The second-order valence-corrected chi connectivity index (χ2v) is 8.49. The fourth-order valence-corrected chi connectivity index (χ4v) is 3.42. The summed E-state index contributed by atoms with van der Waals surface area (Å²) in [6, 6.07) is 13.2.